The SMILES string of the molecule is O=C(NNC(=O)C12CC3CC(CC(C3)C1)C2)c1c(Cl)cccc1Cl. The molecule has 4 aliphatic rings. The number of hydrogen-bond donors (Lipinski definition) is 2. The van der Waals surface area contributed by atoms with E-state index in [1.807, 2.05) is 0 Å². The van der Waals surface area contributed by atoms with Crippen LogP contribution in [0.3, 0.4) is 0 Å². The van der Waals surface area contributed by atoms with Crippen LogP contribution in [0.15, 0.2) is 18.2 Å². The molecular formula is C18H20Cl2N2O2. The Bertz CT molecular complexity index is 649. The van der Waals surface area contributed by atoms with Gasteiger partial charge in [0.25, 0.3) is 5.91 Å². The van der Waals surface area contributed by atoms with Gasteiger partial charge in [0.15, 0.2) is 0 Å². The van der Waals surface area contributed by atoms with Crippen molar-refractivity contribution in [2.75, 3.05) is 0 Å². The molecule has 0 heterocycles. The highest BCUT2D eigenvalue weighted by Crippen LogP contribution is 2.60. The second kappa shape index (κ2) is 5.92. The summed E-state index contributed by atoms with van der Waals surface area (Å²) in [6.07, 6.45) is 6.67. The first-order valence-corrected chi connectivity index (χ1v) is 9.27. The minimum atomic E-state index is -0.483. The third-order valence-corrected chi connectivity index (χ3v) is 6.63. The third-order valence-electron chi connectivity index (χ3n) is 6.00. The van der Waals surface area contributed by atoms with E-state index in [-0.39, 0.29) is 26.9 Å². The summed E-state index contributed by atoms with van der Waals surface area (Å²) in [6, 6.07) is 4.88. The average molecular weight is 367 g/mol. The molecule has 0 unspecified atom stereocenters. The van der Waals surface area contributed by atoms with E-state index in [0.717, 1.165) is 19.3 Å². The van der Waals surface area contributed by atoms with E-state index in [4.69, 9.17) is 23.2 Å². The Kier molecular flexibility index (Phi) is 4.00. The molecule has 0 radical (unpaired) electrons. The van der Waals surface area contributed by atoms with E-state index in [2.05, 4.69) is 10.9 Å². The zero-order chi connectivity index (χ0) is 16.9. The first-order chi connectivity index (χ1) is 11.5. The highest BCUT2D eigenvalue weighted by molar-refractivity contribution is 6.39. The molecule has 2 amide bonds. The summed E-state index contributed by atoms with van der Waals surface area (Å²) in [5.41, 5.74) is 5.02. The standard InChI is InChI=1S/C18H20Cl2N2O2/c19-13-2-1-3-14(20)15(13)16(23)21-22-17(24)18-7-10-4-11(8-18)6-12(5-10)9-18/h1-3,10-12H,4-9H2,(H,21,23)(H,22,24). The van der Waals surface area contributed by atoms with Crippen molar-refractivity contribution >= 4 is 35.0 Å². The fourth-order valence-corrected chi connectivity index (χ4v) is 5.98. The van der Waals surface area contributed by atoms with Crippen LogP contribution in [0, 0.1) is 23.2 Å². The highest BCUT2D eigenvalue weighted by Gasteiger charge is 2.54. The number of nitrogens with one attached hydrogen (secondary N) is 2. The van der Waals surface area contributed by atoms with Gasteiger partial charge in [-0.05, 0) is 68.4 Å². The number of carbonyl (C=O) groups is 2. The number of hydrogen-bond acceptors (Lipinski definition) is 2. The minimum Gasteiger partial charge on any atom is -0.273 e. The summed E-state index contributed by atoms with van der Waals surface area (Å²) in [4.78, 5) is 25.1. The largest absolute Gasteiger partial charge is 0.273 e. The van der Waals surface area contributed by atoms with E-state index < -0.39 is 5.91 Å². The number of benzene rings is 1. The van der Waals surface area contributed by atoms with Crippen LogP contribution in [0.25, 0.3) is 0 Å². The molecule has 0 atom stereocenters. The van der Waals surface area contributed by atoms with Crippen LogP contribution in [0.5, 0.6) is 0 Å². The molecule has 4 aliphatic carbocycles. The quantitative estimate of drug-likeness (QED) is 0.777. The normalized spacial score (nSPS) is 33.3. The molecule has 0 aliphatic heterocycles. The maximum atomic E-state index is 12.8. The van der Waals surface area contributed by atoms with Crippen LogP contribution in [0.1, 0.15) is 48.9 Å². The van der Waals surface area contributed by atoms with Gasteiger partial charge < -0.3 is 0 Å². The van der Waals surface area contributed by atoms with Crippen LogP contribution in [-0.2, 0) is 4.79 Å². The van der Waals surface area contributed by atoms with Gasteiger partial charge in [-0.25, -0.2) is 0 Å². The molecule has 1 aromatic carbocycles. The van der Waals surface area contributed by atoms with Crippen molar-refractivity contribution in [3.63, 3.8) is 0 Å². The van der Waals surface area contributed by atoms with Crippen LogP contribution in [0.4, 0.5) is 0 Å². The van der Waals surface area contributed by atoms with Crippen molar-refractivity contribution < 1.29 is 9.59 Å². The number of amides is 2. The highest BCUT2D eigenvalue weighted by atomic mass is 35.5. The van der Waals surface area contributed by atoms with Gasteiger partial charge in [0.1, 0.15) is 0 Å². The average Bonchev–Trinajstić information content (AvgIpc) is 2.51. The molecule has 4 nitrogen and oxygen atoms in total. The fraction of sp³-hybridized carbons (Fsp3) is 0.556. The van der Waals surface area contributed by atoms with Crippen molar-refractivity contribution in [3.05, 3.63) is 33.8 Å². The van der Waals surface area contributed by atoms with Gasteiger partial charge in [-0.2, -0.15) is 0 Å². The zero-order valence-corrected chi connectivity index (χ0v) is 14.8. The maximum Gasteiger partial charge on any atom is 0.272 e. The summed E-state index contributed by atoms with van der Waals surface area (Å²) in [7, 11) is 0. The summed E-state index contributed by atoms with van der Waals surface area (Å²) in [5, 5.41) is 0.535. The predicted octanol–water partition coefficient (Wildman–Crippen LogP) is 3.97. The zero-order valence-electron chi connectivity index (χ0n) is 13.3. The fourth-order valence-electron chi connectivity index (χ4n) is 5.41. The van der Waals surface area contributed by atoms with Crippen LogP contribution < -0.4 is 10.9 Å². The first kappa shape index (κ1) is 16.2. The second-order valence-corrected chi connectivity index (χ2v) is 8.52. The van der Waals surface area contributed by atoms with E-state index in [9.17, 15) is 9.59 Å². The predicted molar refractivity (Wildman–Crippen MR) is 92.7 cm³/mol. The molecule has 4 saturated carbocycles. The lowest BCUT2D eigenvalue weighted by Gasteiger charge is -2.55. The molecule has 4 fully saturated rings. The molecule has 2 N–H and O–H groups in total. The van der Waals surface area contributed by atoms with Gasteiger partial charge in [0.2, 0.25) is 5.91 Å². The summed E-state index contributed by atoms with van der Waals surface area (Å²) in [6.45, 7) is 0. The van der Waals surface area contributed by atoms with E-state index >= 15 is 0 Å². The lowest BCUT2D eigenvalue weighted by molar-refractivity contribution is -0.147. The van der Waals surface area contributed by atoms with Gasteiger partial charge in [-0.15, -0.1) is 0 Å². The molecule has 0 spiro atoms. The van der Waals surface area contributed by atoms with Gasteiger partial charge >= 0.3 is 0 Å². The molecule has 0 saturated heterocycles. The van der Waals surface area contributed by atoms with Crippen molar-refractivity contribution in [3.8, 4) is 0 Å². The minimum absolute atomic E-state index is 0.0573. The van der Waals surface area contributed by atoms with Gasteiger partial charge in [-0.1, -0.05) is 29.3 Å². The second-order valence-electron chi connectivity index (χ2n) is 7.70. The third kappa shape index (κ3) is 2.70. The van der Waals surface area contributed by atoms with Crippen molar-refractivity contribution in [1.29, 1.82) is 0 Å². The van der Waals surface area contributed by atoms with E-state index in [1.165, 1.54) is 19.3 Å². The molecule has 0 aromatic heterocycles. The lowest BCUT2D eigenvalue weighted by atomic mass is 9.49. The van der Waals surface area contributed by atoms with E-state index in [0.29, 0.717) is 17.8 Å². The smallest absolute Gasteiger partial charge is 0.272 e. The maximum absolute atomic E-state index is 12.8. The molecule has 24 heavy (non-hydrogen) atoms. The number of carbonyl (C=O) groups excluding carboxylic acids is 2. The van der Waals surface area contributed by atoms with Gasteiger partial charge in [0, 0.05) is 0 Å². The number of halogens is 2. The summed E-state index contributed by atoms with van der Waals surface area (Å²) < 4.78 is 0. The lowest BCUT2D eigenvalue weighted by Crippen LogP contribution is -2.56. The molecule has 4 bridgehead atoms. The Hall–Kier alpha value is -1.26. The van der Waals surface area contributed by atoms with Crippen LogP contribution >= 0.6 is 23.2 Å². The topological polar surface area (TPSA) is 58.2 Å². The van der Waals surface area contributed by atoms with E-state index in [1.54, 1.807) is 18.2 Å². The Balaban J connectivity index is 1.45. The Morgan fingerprint density at radius 1 is 0.917 bits per heavy atom. The molecular weight excluding hydrogens is 347 g/mol. The van der Waals surface area contributed by atoms with Crippen LogP contribution in [-0.4, -0.2) is 11.8 Å². The summed E-state index contributed by atoms with van der Waals surface area (Å²) >= 11 is 12.1. The van der Waals surface area contributed by atoms with Crippen molar-refractivity contribution in [2.45, 2.75) is 38.5 Å². The Labute approximate surface area is 151 Å². The number of hydrazine groups is 1. The van der Waals surface area contributed by atoms with Crippen LogP contribution in [0.2, 0.25) is 10.0 Å². The Morgan fingerprint density at radius 3 is 1.92 bits per heavy atom. The monoisotopic (exact) mass is 366 g/mol. The Morgan fingerprint density at radius 2 is 1.42 bits per heavy atom. The first-order valence-electron chi connectivity index (χ1n) is 8.52. The molecule has 128 valence electrons. The van der Waals surface area contributed by atoms with Crippen molar-refractivity contribution in [1.82, 2.24) is 10.9 Å². The summed E-state index contributed by atoms with van der Waals surface area (Å²) in [5.74, 6) is 1.49. The molecule has 1 aromatic rings. The molecule has 6 heteroatoms. The molecule has 5 rings (SSSR count). The van der Waals surface area contributed by atoms with Gasteiger partial charge in [0.05, 0.1) is 21.0 Å². The van der Waals surface area contributed by atoms with Crippen molar-refractivity contribution in [2.24, 2.45) is 23.2 Å². The number of rotatable bonds is 2. The van der Waals surface area contributed by atoms with Gasteiger partial charge in [-0.3, -0.25) is 20.4 Å².